The van der Waals surface area contributed by atoms with E-state index in [1.54, 1.807) is 23.5 Å². The largest absolute Gasteiger partial charge is 0.419 e. The van der Waals surface area contributed by atoms with Crippen LogP contribution in [-0.2, 0) is 12.1 Å². The van der Waals surface area contributed by atoms with Crippen molar-refractivity contribution < 1.29 is 8.81 Å². The normalized spacial score (nSPS) is 13.8. The quantitative estimate of drug-likeness (QED) is 0.729. The maximum atomic E-state index is 13.0. The van der Waals surface area contributed by atoms with E-state index in [4.69, 9.17) is 4.42 Å². The lowest BCUT2D eigenvalue weighted by Crippen LogP contribution is -2.38. The van der Waals surface area contributed by atoms with Crippen molar-refractivity contribution in [3.05, 3.63) is 52.1 Å². The van der Waals surface area contributed by atoms with Crippen molar-refractivity contribution in [1.29, 1.82) is 0 Å². The van der Waals surface area contributed by atoms with Gasteiger partial charge in [-0.15, -0.1) is 21.5 Å². The molecule has 0 aliphatic carbocycles. The highest BCUT2D eigenvalue weighted by atomic mass is 32.1. The smallest absolute Gasteiger partial charge is 0.247 e. The lowest BCUT2D eigenvalue weighted by Gasteiger charge is -2.26. The molecule has 0 fully saturated rings. The van der Waals surface area contributed by atoms with Crippen LogP contribution in [0.1, 0.15) is 36.9 Å². The molecule has 0 aliphatic heterocycles. The Morgan fingerprint density at radius 3 is 2.62 bits per heavy atom. The van der Waals surface area contributed by atoms with Crippen LogP contribution in [0.25, 0.3) is 11.5 Å². The Morgan fingerprint density at radius 1 is 1.25 bits per heavy atom. The highest BCUT2D eigenvalue weighted by molar-refractivity contribution is 7.09. The summed E-state index contributed by atoms with van der Waals surface area (Å²) in [5.41, 5.74) is 1.47. The number of nitrogens with one attached hydrogen (secondary N) is 1. The number of aryl methyl sites for hydroxylation is 1. The molecule has 3 rings (SSSR count). The van der Waals surface area contributed by atoms with Gasteiger partial charge < -0.3 is 4.42 Å². The van der Waals surface area contributed by atoms with Crippen molar-refractivity contribution in [2.75, 3.05) is 0 Å². The molecule has 5 nitrogen and oxygen atoms in total. The molecule has 0 radical (unpaired) electrons. The summed E-state index contributed by atoms with van der Waals surface area (Å²) in [5.74, 6) is 0.579. The van der Waals surface area contributed by atoms with Gasteiger partial charge in [-0.1, -0.05) is 6.92 Å². The molecule has 1 N–H and O–H groups in total. The minimum absolute atomic E-state index is 0.247. The SMILES string of the molecule is CC[C@](C)(NCc1nnc(-c2ccc(F)cc2)o1)c1nc(C)cs1. The predicted molar refractivity (Wildman–Crippen MR) is 91.0 cm³/mol. The molecule has 0 saturated heterocycles. The van der Waals surface area contributed by atoms with Crippen LogP contribution in [-0.4, -0.2) is 15.2 Å². The fourth-order valence-electron chi connectivity index (χ4n) is 2.26. The summed E-state index contributed by atoms with van der Waals surface area (Å²) in [6.07, 6.45) is 0.888. The monoisotopic (exact) mass is 346 g/mol. The first-order valence-electron chi connectivity index (χ1n) is 7.76. The number of thiazole rings is 1. The molecule has 2 aromatic heterocycles. The third-order valence-corrected chi connectivity index (χ3v) is 5.21. The predicted octanol–water partition coefficient (Wildman–Crippen LogP) is 4.06. The van der Waals surface area contributed by atoms with Crippen LogP contribution in [0.15, 0.2) is 34.1 Å². The molecule has 0 saturated carbocycles. The van der Waals surface area contributed by atoms with Gasteiger partial charge in [-0.25, -0.2) is 9.37 Å². The number of hydrogen-bond donors (Lipinski definition) is 1. The number of aromatic nitrogens is 3. The minimum Gasteiger partial charge on any atom is -0.419 e. The lowest BCUT2D eigenvalue weighted by atomic mass is 10.00. The summed E-state index contributed by atoms with van der Waals surface area (Å²) >= 11 is 1.64. The number of nitrogens with zero attached hydrogens (tertiary/aromatic N) is 3. The number of benzene rings is 1. The summed E-state index contributed by atoms with van der Waals surface area (Å²) in [5, 5.41) is 14.6. The molecule has 2 heterocycles. The van der Waals surface area contributed by atoms with Gasteiger partial charge in [0.05, 0.1) is 12.1 Å². The molecule has 126 valence electrons. The second kappa shape index (κ2) is 6.78. The van der Waals surface area contributed by atoms with Crippen LogP contribution < -0.4 is 5.32 Å². The Morgan fingerprint density at radius 2 is 2.00 bits per heavy atom. The van der Waals surface area contributed by atoms with Crippen LogP contribution in [0.2, 0.25) is 0 Å². The van der Waals surface area contributed by atoms with Gasteiger partial charge in [-0.2, -0.15) is 0 Å². The van der Waals surface area contributed by atoms with E-state index in [1.807, 2.05) is 12.3 Å². The number of rotatable bonds is 6. The second-order valence-electron chi connectivity index (χ2n) is 5.84. The van der Waals surface area contributed by atoms with Gasteiger partial charge >= 0.3 is 0 Å². The fourth-order valence-corrected chi connectivity index (χ4v) is 3.27. The summed E-state index contributed by atoms with van der Waals surface area (Å²) in [7, 11) is 0. The van der Waals surface area contributed by atoms with Crippen LogP contribution >= 0.6 is 11.3 Å². The molecule has 0 amide bonds. The Labute approximate surface area is 144 Å². The topological polar surface area (TPSA) is 63.8 Å². The van der Waals surface area contributed by atoms with E-state index in [-0.39, 0.29) is 11.4 Å². The maximum Gasteiger partial charge on any atom is 0.247 e. The van der Waals surface area contributed by atoms with E-state index in [2.05, 4.69) is 34.3 Å². The van der Waals surface area contributed by atoms with Gasteiger partial charge in [-0.3, -0.25) is 5.32 Å². The first-order chi connectivity index (χ1) is 11.5. The number of halogens is 1. The average Bonchev–Trinajstić information content (AvgIpc) is 3.23. The van der Waals surface area contributed by atoms with Crippen molar-refractivity contribution >= 4 is 11.3 Å². The van der Waals surface area contributed by atoms with Gasteiger partial charge in [0.2, 0.25) is 11.8 Å². The molecule has 24 heavy (non-hydrogen) atoms. The molecule has 0 unspecified atom stereocenters. The van der Waals surface area contributed by atoms with Crippen molar-refractivity contribution in [2.24, 2.45) is 0 Å². The van der Waals surface area contributed by atoms with E-state index >= 15 is 0 Å². The molecule has 3 aromatic rings. The highest BCUT2D eigenvalue weighted by Gasteiger charge is 2.27. The van der Waals surface area contributed by atoms with E-state index in [0.717, 1.165) is 17.1 Å². The molecular formula is C17H19FN4OS. The Kier molecular flexibility index (Phi) is 4.73. The van der Waals surface area contributed by atoms with Gasteiger partial charge in [0.1, 0.15) is 10.8 Å². The summed E-state index contributed by atoms with van der Waals surface area (Å²) < 4.78 is 18.6. The molecule has 7 heteroatoms. The zero-order valence-electron chi connectivity index (χ0n) is 13.8. The van der Waals surface area contributed by atoms with Crippen molar-refractivity contribution in [1.82, 2.24) is 20.5 Å². The Balaban J connectivity index is 1.71. The molecule has 0 bridgehead atoms. The van der Waals surface area contributed by atoms with E-state index in [0.29, 0.717) is 23.9 Å². The average molecular weight is 346 g/mol. The first kappa shape index (κ1) is 16.7. The first-order valence-corrected chi connectivity index (χ1v) is 8.64. The summed E-state index contributed by atoms with van der Waals surface area (Å²) in [4.78, 5) is 4.58. The van der Waals surface area contributed by atoms with Gasteiger partial charge in [0.15, 0.2) is 0 Å². The van der Waals surface area contributed by atoms with Crippen LogP contribution in [0.3, 0.4) is 0 Å². The van der Waals surface area contributed by atoms with Crippen LogP contribution in [0.5, 0.6) is 0 Å². The van der Waals surface area contributed by atoms with Crippen molar-refractivity contribution in [2.45, 2.75) is 39.3 Å². The third-order valence-electron chi connectivity index (χ3n) is 3.99. The van der Waals surface area contributed by atoms with E-state index in [1.165, 1.54) is 12.1 Å². The minimum atomic E-state index is -0.294. The zero-order chi connectivity index (χ0) is 17.2. The highest BCUT2D eigenvalue weighted by Crippen LogP contribution is 2.28. The van der Waals surface area contributed by atoms with Crippen LogP contribution in [0, 0.1) is 12.7 Å². The number of hydrogen-bond acceptors (Lipinski definition) is 6. The molecule has 1 aromatic carbocycles. The van der Waals surface area contributed by atoms with E-state index < -0.39 is 0 Å². The maximum absolute atomic E-state index is 13.0. The molecule has 0 spiro atoms. The van der Waals surface area contributed by atoms with Gasteiger partial charge in [0.25, 0.3) is 0 Å². The third kappa shape index (κ3) is 3.52. The Bertz CT molecular complexity index is 814. The molecule has 1 atom stereocenters. The van der Waals surface area contributed by atoms with Crippen molar-refractivity contribution in [3.63, 3.8) is 0 Å². The molecule has 0 aliphatic rings. The summed E-state index contributed by atoms with van der Waals surface area (Å²) in [6.45, 7) is 6.66. The van der Waals surface area contributed by atoms with Crippen LogP contribution in [0.4, 0.5) is 4.39 Å². The summed E-state index contributed by atoms with van der Waals surface area (Å²) in [6, 6.07) is 5.98. The second-order valence-corrected chi connectivity index (χ2v) is 6.70. The Hall–Kier alpha value is -2.12. The lowest BCUT2D eigenvalue weighted by molar-refractivity contribution is 0.327. The van der Waals surface area contributed by atoms with Gasteiger partial charge in [0, 0.05) is 16.6 Å². The molecular weight excluding hydrogens is 327 g/mol. The van der Waals surface area contributed by atoms with E-state index in [9.17, 15) is 4.39 Å². The van der Waals surface area contributed by atoms with Gasteiger partial charge in [-0.05, 0) is 44.5 Å². The fraction of sp³-hybridized carbons (Fsp3) is 0.353. The standard InChI is InChI=1S/C17H19FN4OS/c1-4-17(3,16-20-11(2)10-24-16)19-9-14-21-22-15(23-14)12-5-7-13(18)8-6-12/h5-8,10,19H,4,9H2,1-3H3/t17-/m0/s1. The zero-order valence-corrected chi connectivity index (χ0v) is 14.7. The van der Waals surface area contributed by atoms with Crippen molar-refractivity contribution in [3.8, 4) is 11.5 Å².